The average molecular weight is 393 g/mol. The number of carbonyl (C=O) groups is 2. The van der Waals surface area contributed by atoms with Gasteiger partial charge in [0.1, 0.15) is 18.0 Å². The number of carbonyl (C=O) groups excluding carboxylic acids is 1. The van der Waals surface area contributed by atoms with Crippen LogP contribution in [0.4, 0.5) is 0 Å². The Kier molecular flexibility index (Phi) is 5.20. The topological polar surface area (TPSA) is 84.1 Å². The summed E-state index contributed by atoms with van der Waals surface area (Å²) in [6.45, 7) is 3.15. The van der Waals surface area contributed by atoms with Crippen molar-refractivity contribution in [1.29, 1.82) is 0 Å². The summed E-state index contributed by atoms with van der Waals surface area (Å²) in [5.41, 5.74) is 3.24. The van der Waals surface area contributed by atoms with Gasteiger partial charge in [0.05, 0.1) is 17.2 Å². The highest BCUT2D eigenvalue weighted by atomic mass is 16.5. The Morgan fingerprint density at radius 1 is 1.17 bits per heavy atom. The minimum Gasteiger partial charge on any atom is -0.486 e. The molecule has 1 saturated heterocycles. The molecule has 0 unspecified atom stereocenters. The smallest absolute Gasteiger partial charge is 0.306 e. The Labute approximate surface area is 168 Å². The number of aromatic nitrogens is 2. The third kappa shape index (κ3) is 3.94. The fourth-order valence-electron chi connectivity index (χ4n) is 3.69. The number of aryl methyl sites for hydroxylation is 1. The van der Waals surface area contributed by atoms with Crippen LogP contribution >= 0.6 is 0 Å². The number of nitrogens with zero attached hydrogens (tertiary/aromatic N) is 3. The van der Waals surface area contributed by atoms with Gasteiger partial charge in [-0.15, -0.1) is 0 Å². The van der Waals surface area contributed by atoms with Gasteiger partial charge in [-0.1, -0.05) is 18.2 Å². The number of amides is 1. The van der Waals surface area contributed by atoms with Gasteiger partial charge in [0.15, 0.2) is 0 Å². The Bertz CT molecular complexity index is 1050. The van der Waals surface area contributed by atoms with E-state index in [-0.39, 0.29) is 18.4 Å². The molecule has 29 heavy (non-hydrogen) atoms. The average Bonchev–Trinajstić information content (AvgIpc) is 3.16. The van der Waals surface area contributed by atoms with Crippen LogP contribution in [-0.4, -0.2) is 44.4 Å². The molecule has 1 aliphatic heterocycles. The second-order valence-electron chi connectivity index (χ2n) is 7.34. The summed E-state index contributed by atoms with van der Waals surface area (Å²) >= 11 is 0. The monoisotopic (exact) mass is 393 g/mol. The molecule has 3 aromatic rings. The molecular weight excluding hydrogens is 370 g/mol. The van der Waals surface area contributed by atoms with E-state index in [0.717, 1.165) is 16.9 Å². The molecule has 1 N–H and O–H groups in total. The number of para-hydroxylation sites is 1. The van der Waals surface area contributed by atoms with E-state index >= 15 is 0 Å². The predicted molar refractivity (Wildman–Crippen MR) is 107 cm³/mol. The second-order valence-corrected chi connectivity index (χ2v) is 7.34. The lowest BCUT2D eigenvalue weighted by Crippen LogP contribution is -2.40. The number of likely N-dealkylation sites (tertiary alicyclic amines) is 1. The predicted octanol–water partition coefficient (Wildman–Crippen LogP) is 3.16. The van der Waals surface area contributed by atoms with E-state index in [1.807, 2.05) is 41.9 Å². The highest BCUT2D eigenvalue weighted by Gasteiger charge is 2.28. The van der Waals surface area contributed by atoms with Crippen molar-refractivity contribution in [2.45, 2.75) is 26.4 Å². The zero-order valence-corrected chi connectivity index (χ0v) is 16.2. The Morgan fingerprint density at radius 2 is 1.93 bits per heavy atom. The largest absolute Gasteiger partial charge is 0.486 e. The summed E-state index contributed by atoms with van der Waals surface area (Å²) in [4.78, 5) is 30.4. The molecule has 7 heteroatoms. The van der Waals surface area contributed by atoms with Crippen molar-refractivity contribution < 1.29 is 19.4 Å². The maximum absolute atomic E-state index is 13.0. The number of aliphatic carboxylic acids is 1. The van der Waals surface area contributed by atoms with Crippen LogP contribution < -0.4 is 4.74 Å². The van der Waals surface area contributed by atoms with Crippen LogP contribution in [0.15, 0.2) is 48.8 Å². The first-order valence-corrected chi connectivity index (χ1v) is 9.70. The van der Waals surface area contributed by atoms with Crippen molar-refractivity contribution in [3.63, 3.8) is 0 Å². The SMILES string of the molecule is Cc1cccn2cc(COc3ccccc3C(=O)N3CCC(C(=O)O)CC3)nc12. The van der Waals surface area contributed by atoms with E-state index in [4.69, 9.17) is 9.84 Å². The lowest BCUT2D eigenvalue weighted by Gasteiger charge is -2.30. The Hall–Kier alpha value is -3.35. The van der Waals surface area contributed by atoms with Crippen molar-refractivity contribution in [3.05, 3.63) is 65.6 Å². The molecule has 3 heterocycles. The van der Waals surface area contributed by atoms with Gasteiger partial charge in [-0.05, 0) is 43.5 Å². The summed E-state index contributed by atoms with van der Waals surface area (Å²) in [6.07, 6.45) is 4.82. The zero-order valence-electron chi connectivity index (χ0n) is 16.2. The first kappa shape index (κ1) is 19.0. The number of pyridine rings is 1. The van der Waals surface area contributed by atoms with E-state index in [0.29, 0.717) is 37.2 Å². The summed E-state index contributed by atoms with van der Waals surface area (Å²) in [5, 5.41) is 9.14. The molecule has 0 aliphatic carbocycles. The van der Waals surface area contributed by atoms with Crippen molar-refractivity contribution >= 4 is 17.5 Å². The van der Waals surface area contributed by atoms with Gasteiger partial charge in [-0.2, -0.15) is 0 Å². The van der Waals surface area contributed by atoms with Gasteiger partial charge in [0.25, 0.3) is 5.91 Å². The standard InChI is InChI=1S/C22H23N3O4/c1-15-5-4-10-25-13-17(23-20(15)25)14-29-19-7-3-2-6-18(19)21(26)24-11-8-16(9-12-24)22(27)28/h2-7,10,13,16H,8-9,11-12,14H2,1H3,(H,27,28). The molecule has 0 bridgehead atoms. The second kappa shape index (κ2) is 7.95. The minimum atomic E-state index is -0.788. The molecule has 0 radical (unpaired) electrons. The molecule has 2 aromatic heterocycles. The molecule has 150 valence electrons. The quantitative estimate of drug-likeness (QED) is 0.720. The molecule has 4 rings (SSSR count). The first-order valence-electron chi connectivity index (χ1n) is 9.70. The number of rotatable bonds is 5. The minimum absolute atomic E-state index is 0.129. The number of carboxylic acids is 1. The highest BCUT2D eigenvalue weighted by molar-refractivity contribution is 5.97. The van der Waals surface area contributed by atoms with Crippen LogP contribution in [0, 0.1) is 12.8 Å². The van der Waals surface area contributed by atoms with E-state index < -0.39 is 5.97 Å². The van der Waals surface area contributed by atoms with Crippen LogP contribution in [0.1, 0.15) is 34.5 Å². The molecule has 1 fully saturated rings. The summed E-state index contributed by atoms with van der Waals surface area (Å²) in [7, 11) is 0. The zero-order chi connectivity index (χ0) is 20.4. The lowest BCUT2D eigenvalue weighted by atomic mass is 9.96. The Balaban J connectivity index is 1.47. The van der Waals surface area contributed by atoms with Gasteiger partial charge in [-0.3, -0.25) is 9.59 Å². The van der Waals surface area contributed by atoms with Crippen molar-refractivity contribution in [3.8, 4) is 5.75 Å². The van der Waals surface area contributed by atoms with Crippen LogP contribution in [-0.2, 0) is 11.4 Å². The number of ether oxygens (including phenoxy) is 1. The summed E-state index contributed by atoms with van der Waals surface area (Å²) in [5.74, 6) is -0.783. The molecular formula is C22H23N3O4. The molecule has 0 atom stereocenters. The molecule has 7 nitrogen and oxygen atoms in total. The van der Waals surface area contributed by atoms with E-state index in [9.17, 15) is 9.59 Å². The summed E-state index contributed by atoms with van der Waals surface area (Å²) in [6, 6.07) is 11.1. The van der Waals surface area contributed by atoms with Crippen molar-refractivity contribution in [2.75, 3.05) is 13.1 Å². The normalized spacial score (nSPS) is 14.9. The maximum atomic E-state index is 13.0. The van der Waals surface area contributed by atoms with Crippen LogP contribution in [0.2, 0.25) is 0 Å². The number of imidazole rings is 1. The number of piperidine rings is 1. The van der Waals surface area contributed by atoms with Crippen LogP contribution in [0.3, 0.4) is 0 Å². The van der Waals surface area contributed by atoms with Gasteiger partial charge < -0.3 is 19.1 Å². The molecule has 1 aliphatic rings. The highest BCUT2D eigenvalue weighted by Crippen LogP contribution is 2.25. The van der Waals surface area contributed by atoms with Crippen molar-refractivity contribution in [1.82, 2.24) is 14.3 Å². The molecule has 1 aromatic carbocycles. The number of fused-ring (bicyclic) bond motifs is 1. The van der Waals surface area contributed by atoms with Crippen LogP contribution in [0.5, 0.6) is 5.75 Å². The van der Waals surface area contributed by atoms with E-state index in [1.54, 1.807) is 23.1 Å². The molecule has 0 saturated carbocycles. The van der Waals surface area contributed by atoms with Gasteiger partial charge >= 0.3 is 5.97 Å². The van der Waals surface area contributed by atoms with E-state index in [1.165, 1.54) is 0 Å². The van der Waals surface area contributed by atoms with E-state index in [2.05, 4.69) is 4.98 Å². The third-order valence-electron chi connectivity index (χ3n) is 5.35. The van der Waals surface area contributed by atoms with Gasteiger partial charge in [0, 0.05) is 25.5 Å². The van der Waals surface area contributed by atoms with Crippen LogP contribution in [0.25, 0.3) is 5.65 Å². The fraction of sp³-hybridized carbons (Fsp3) is 0.318. The maximum Gasteiger partial charge on any atom is 0.306 e. The number of benzene rings is 1. The summed E-state index contributed by atoms with van der Waals surface area (Å²) < 4.78 is 7.90. The number of hydrogen-bond acceptors (Lipinski definition) is 4. The first-order chi connectivity index (χ1) is 14.0. The van der Waals surface area contributed by atoms with Gasteiger partial charge in [-0.25, -0.2) is 4.98 Å². The number of hydrogen-bond donors (Lipinski definition) is 1. The molecule has 1 amide bonds. The third-order valence-corrected chi connectivity index (χ3v) is 5.35. The lowest BCUT2D eigenvalue weighted by molar-refractivity contribution is -0.143. The van der Waals surface area contributed by atoms with Gasteiger partial charge in [0.2, 0.25) is 0 Å². The fourth-order valence-corrected chi connectivity index (χ4v) is 3.69. The number of carboxylic acid groups (broad SMARTS) is 1. The van der Waals surface area contributed by atoms with Crippen molar-refractivity contribution in [2.24, 2.45) is 5.92 Å². The molecule has 0 spiro atoms. The Morgan fingerprint density at radius 3 is 2.66 bits per heavy atom.